The average molecular weight is 425 g/mol. The van der Waals surface area contributed by atoms with Crippen LogP contribution < -0.4 is 15.7 Å². The Bertz CT molecular complexity index is 1240. The van der Waals surface area contributed by atoms with Gasteiger partial charge in [-0.05, 0) is 49.6 Å². The lowest BCUT2D eigenvalue weighted by Crippen LogP contribution is -2.35. The van der Waals surface area contributed by atoms with Crippen LogP contribution in [0.1, 0.15) is 25.1 Å². The number of rotatable bonds is 7. The van der Waals surface area contributed by atoms with Gasteiger partial charge in [0.05, 0.1) is 12.0 Å². The van der Waals surface area contributed by atoms with Crippen molar-refractivity contribution in [3.05, 3.63) is 57.8 Å². The summed E-state index contributed by atoms with van der Waals surface area (Å²) in [4.78, 5) is 34.2. The molecule has 0 saturated carbocycles. The minimum Gasteiger partial charge on any atom is -0.494 e. The Morgan fingerprint density at radius 1 is 1.23 bits per heavy atom. The van der Waals surface area contributed by atoms with Gasteiger partial charge in [0.2, 0.25) is 17.6 Å². The van der Waals surface area contributed by atoms with E-state index in [0.717, 1.165) is 16.0 Å². The van der Waals surface area contributed by atoms with Crippen molar-refractivity contribution in [1.29, 1.82) is 0 Å². The van der Waals surface area contributed by atoms with Crippen LogP contribution in [0.25, 0.3) is 21.6 Å². The van der Waals surface area contributed by atoms with Crippen LogP contribution in [0.5, 0.6) is 5.75 Å². The van der Waals surface area contributed by atoms with Crippen LogP contribution >= 0.6 is 11.3 Å². The number of amides is 1. The number of nitrogens with zero attached hydrogens (tertiary/aromatic N) is 4. The summed E-state index contributed by atoms with van der Waals surface area (Å²) in [5.41, 5.74) is 3.08. The average Bonchev–Trinajstić information content (AvgIpc) is 3.40. The Balaban J connectivity index is 1.40. The van der Waals surface area contributed by atoms with Crippen LogP contribution in [0, 0.1) is 6.92 Å². The van der Waals surface area contributed by atoms with E-state index in [0.29, 0.717) is 34.4 Å². The van der Waals surface area contributed by atoms with Crippen LogP contribution in [0.2, 0.25) is 0 Å². The third-order valence-corrected chi connectivity index (χ3v) is 5.17. The first-order chi connectivity index (χ1) is 14.5. The fraction of sp³-hybridized carbons (Fsp3) is 0.250. The quantitative estimate of drug-likeness (QED) is 0.484. The molecule has 1 aromatic carbocycles. The molecule has 0 aliphatic carbocycles. The number of thiophene rings is 1. The van der Waals surface area contributed by atoms with Crippen molar-refractivity contribution in [2.75, 3.05) is 12.0 Å². The molecule has 3 aromatic heterocycles. The molecule has 3 heterocycles. The number of hydrogen-bond donors (Lipinski definition) is 1. The Morgan fingerprint density at radius 2 is 2.03 bits per heavy atom. The van der Waals surface area contributed by atoms with Gasteiger partial charge in [-0.25, -0.2) is 9.66 Å². The van der Waals surface area contributed by atoms with Gasteiger partial charge >= 0.3 is 0 Å². The van der Waals surface area contributed by atoms with E-state index in [1.807, 2.05) is 31.2 Å². The summed E-state index contributed by atoms with van der Waals surface area (Å²) in [6.07, 6.45) is 0.330. The van der Waals surface area contributed by atoms with Crippen molar-refractivity contribution in [2.24, 2.45) is 0 Å². The molecule has 0 spiro atoms. The second kappa shape index (κ2) is 8.46. The monoisotopic (exact) mass is 425 g/mol. The number of hydrogen-bond acceptors (Lipinski definition) is 8. The van der Waals surface area contributed by atoms with Gasteiger partial charge in [-0.15, -0.1) is 11.3 Å². The van der Waals surface area contributed by atoms with Crippen molar-refractivity contribution >= 4 is 27.5 Å². The highest BCUT2D eigenvalue weighted by atomic mass is 32.1. The summed E-state index contributed by atoms with van der Waals surface area (Å²) in [7, 11) is 0. The molecule has 154 valence electrons. The molecule has 1 N–H and O–H groups in total. The molecule has 0 saturated heterocycles. The molecule has 4 rings (SSSR count). The van der Waals surface area contributed by atoms with Crippen LogP contribution in [-0.4, -0.2) is 32.3 Å². The maximum absolute atomic E-state index is 12.5. The van der Waals surface area contributed by atoms with Crippen molar-refractivity contribution in [3.8, 4) is 17.1 Å². The van der Waals surface area contributed by atoms with Gasteiger partial charge in [-0.1, -0.05) is 5.16 Å². The first-order valence-corrected chi connectivity index (χ1v) is 10.3. The molecule has 0 radical (unpaired) electrons. The normalized spacial score (nSPS) is 11.0. The molecule has 0 atom stereocenters. The predicted octanol–water partition coefficient (Wildman–Crippen LogP) is 2.92. The number of nitrogens with one attached hydrogen (secondary N) is 1. The fourth-order valence-electron chi connectivity index (χ4n) is 2.89. The van der Waals surface area contributed by atoms with E-state index >= 15 is 0 Å². The second-order valence-corrected chi connectivity index (χ2v) is 7.34. The first-order valence-electron chi connectivity index (χ1n) is 9.37. The molecule has 9 nitrogen and oxygen atoms in total. The molecule has 0 bridgehead atoms. The van der Waals surface area contributed by atoms with Crippen molar-refractivity contribution in [2.45, 2.75) is 26.7 Å². The standard InChI is InChI=1S/C20H19N5O4S/c1-3-28-14-6-4-13(5-7-14)18-22-17(29-24-18)9-8-16(26)23-25-12(2)21-19-15(20(25)27)10-11-30-19/h4-7,10-11H,3,8-9H2,1-2H3,(H,23,26). The lowest BCUT2D eigenvalue weighted by Gasteiger charge is -2.10. The van der Waals surface area contributed by atoms with E-state index in [1.165, 1.54) is 11.3 Å². The summed E-state index contributed by atoms with van der Waals surface area (Å²) < 4.78 is 11.8. The van der Waals surface area contributed by atoms with Gasteiger partial charge in [-0.3, -0.25) is 15.0 Å². The van der Waals surface area contributed by atoms with Crippen molar-refractivity contribution in [3.63, 3.8) is 0 Å². The maximum Gasteiger partial charge on any atom is 0.281 e. The van der Waals surface area contributed by atoms with Gasteiger partial charge in [0, 0.05) is 18.4 Å². The second-order valence-electron chi connectivity index (χ2n) is 6.44. The summed E-state index contributed by atoms with van der Waals surface area (Å²) in [5.74, 6) is 1.61. The van der Waals surface area contributed by atoms with Crippen LogP contribution in [0.3, 0.4) is 0 Å². The minimum atomic E-state index is -0.350. The SMILES string of the molecule is CCOc1ccc(-c2noc(CCC(=O)Nn3c(C)nc4sccc4c3=O)n2)cc1. The van der Waals surface area contributed by atoms with Gasteiger partial charge in [-0.2, -0.15) is 4.98 Å². The highest BCUT2D eigenvalue weighted by Gasteiger charge is 2.14. The molecule has 0 aliphatic heterocycles. The van der Waals surface area contributed by atoms with E-state index in [-0.39, 0.29) is 24.3 Å². The predicted molar refractivity (Wildman–Crippen MR) is 112 cm³/mol. The zero-order valence-electron chi connectivity index (χ0n) is 16.4. The number of aryl methyl sites for hydroxylation is 2. The van der Waals surface area contributed by atoms with E-state index in [2.05, 4.69) is 20.6 Å². The number of benzene rings is 1. The third-order valence-electron chi connectivity index (χ3n) is 4.36. The summed E-state index contributed by atoms with van der Waals surface area (Å²) >= 11 is 1.38. The molecular weight excluding hydrogens is 406 g/mol. The number of fused-ring (bicyclic) bond motifs is 1. The lowest BCUT2D eigenvalue weighted by molar-refractivity contribution is -0.117. The molecule has 30 heavy (non-hydrogen) atoms. The first kappa shape index (κ1) is 19.8. The van der Waals surface area contributed by atoms with E-state index in [9.17, 15) is 9.59 Å². The van der Waals surface area contributed by atoms with Crippen molar-refractivity contribution < 1.29 is 14.1 Å². The smallest absolute Gasteiger partial charge is 0.281 e. The number of ether oxygens (including phenoxy) is 1. The maximum atomic E-state index is 12.5. The summed E-state index contributed by atoms with van der Waals surface area (Å²) in [5, 5.41) is 6.23. The van der Waals surface area contributed by atoms with Gasteiger partial charge in [0.1, 0.15) is 16.4 Å². The van der Waals surface area contributed by atoms with Gasteiger partial charge in [0.15, 0.2) is 0 Å². The zero-order valence-corrected chi connectivity index (χ0v) is 17.2. The number of carbonyl (C=O) groups is 1. The fourth-order valence-corrected chi connectivity index (χ4v) is 3.69. The molecule has 4 aromatic rings. The molecule has 0 unspecified atom stereocenters. The lowest BCUT2D eigenvalue weighted by atomic mass is 10.2. The van der Waals surface area contributed by atoms with Crippen LogP contribution in [0.4, 0.5) is 0 Å². The Labute approximate surface area is 175 Å². The van der Waals surface area contributed by atoms with E-state index in [4.69, 9.17) is 9.26 Å². The highest BCUT2D eigenvalue weighted by molar-refractivity contribution is 7.16. The Kier molecular flexibility index (Phi) is 5.57. The minimum absolute atomic E-state index is 0.0818. The van der Waals surface area contributed by atoms with Gasteiger partial charge < -0.3 is 9.26 Å². The van der Waals surface area contributed by atoms with Crippen molar-refractivity contribution in [1.82, 2.24) is 19.8 Å². The molecule has 10 heteroatoms. The van der Waals surface area contributed by atoms with Gasteiger partial charge in [0.25, 0.3) is 5.56 Å². The summed E-state index contributed by atoms with van der Waals surface area (Å²) in [6.45, 7) is 4.18. The Hall–Kier alpha value is -3.53. The Morgan fingerprint density at radius 3 is 2.80 bits per heavy atom. The largest absolute Gasteiger partial charge is 0.494 e. The molecule has 0 aliphatic rings. The molecule has 1 amide bonds. The highest BCUT2D eigenvalue weighted by Crippen LogP contribution is 2.20. The summed E-state index contributed by atoms with van der Waals surface area (Å²) in [6, 6.07) is 9.05. The van der Waals surface area contributed by atoms with E-state index < -0.39 is 0 Å². The molecular formula is C20H19N5O4S. The van der Waals surface area contributed by atoms with E-state index in [1.54, 1.807) is 18.4 Å². The number of carbonyl (C=O) groups excluding carboxylic acids is 1. The topological polar surface area (TPSA) is 112 Å². The zero-order chi connectivity index (χ0) is 21.1. The number of aromatic nitrogens is 4. The van der Waals surface area contributed by atoms with Crippen LogP contribution in [-0.2, 0) is 11.2 Å². The third kappa shape index (κ3) is 4.08. The molecule has 0 fully saturated rings. The van der Waals surface area contributed by atoms with Crippen LogP contribution in [0.15, 0.2) is 45.0 Å².